The number of amides is 2. The fourth-order valence-corrected chi connectivity index (χ4v) is 4.49. The van der Waals surface area contributed by atoms with Gasteiger partial charge < -0.3 is 20.5 Å². The molecule has 180 valence electrons. The molecule has 0 aromatic heterocycles. The molecule has 2 aromatic carbocycles. The maximum atomic E-state index is 14.1. The quantitative estimate of drug-likeness (QED) is 0.517. The van der Waals surface area contributed by atoms with Gasteiger partial charge in [-0.2, -0.15) is 0 Å². The predicted octanol–water partition coefficient (Wildman–Crippen LogP) is 3.63. The molecule has 0 aliphatic heterocycles. The second kappa shape index (κ2) is 9.40. The lowest BCUT2D eigenvalue weighted by atomic mass is 9.98. The number of carboxylic acids is 1. The zero-order chi connectivity index (χ0) is 24.5. The first-order valence-corrected chi connectivity index (χ1v) is 11.2. The van der Waals surface area contributed by atoms with Crippen LogP contribution in [-0.4, -0.2) is 48.7 Å². The van der Waals surface area contributed by atoms with E-state index in [-0.39, 0.29) is 25.5 Å². The standard InChI is InChI=1S/C25H26F2N2O5/c1-14(23(31)32)10-11-28-22(30)21-20(25(21,26)27)12-29-24(33)34-13-19-17-8-4-2-6-15(17)16-7-3-5-9-18(16)19/h2-9,14,19-21H,10-13H2,1H3,(H,28,30)(H,29,33)(H,31,32)/t14?,20-,21-/m0/s1. The number of rotatable bonds is 9. The average molecular weight is 472 g/mol. The number of carbonyl (C=O) groups is 3. The Morgan fingerprint density at radius 3 is 2.21 bits per heavy atom. The summed E-state index contributed by atoms with van der Waals surface area (Å²) >= 11 is 0. The van der Waals surface area contributed by atoms with Gasteiger partial charge in [0.2, 0.25) is 5.91 Å². The Bertz CT molecular complexity index is 1060. The summed E-state index contributed by atoms with van der Waals surface area (Å²) in [6, 6.07) is 15.7. The normalized spacial score (nSPS) is 20.6. The number of hydrogen-bond donors (Lipinski definition) is 3. The average Bonchev–Trinajstić information content (AvgIpc) is 3.22. The van der Waals surface area contributed by atoms with E-state index >= 15 is 0 Å². The van der Waals surface area contributed by atoms with Crippen LogP contribution in [0, 0.1) is 17.8 Å². The van der Waals surface area contributed by atoms with E-state index in [1.54, 1.807) is 0 Å². The van der Waals surface area contributed by atoms with Crippen molar-refractivity contribution in [2.45, 2.75) is 25.2 Å². The van der Waals surface area contributed by atoms with E-state index in [2.05, 4.69) is 10.6 Å². The van der Waals surface area contributed by atoms with Crippen LogP contribution in [0.25, 0.3) is 11.1 Å². The van der Waals surface area contributed by atoms with Crippen molar-refractivity contribution in [3.8, 4) is 11.1 Å². The summed E-state index contributed by atoms with van der Waals surface area (Å²) in [5.74, 6) is -8.82. The number of alkyl halides is 2. The van der Waals surface area contributed by atoms with Gasteiger partial charge in [0, 0.05) is 19.0 Å². The summed E-state index contributed by atoms with van der Waals surface area (Å²) < 4.78 is 33.5. The van der Waals surface area contributed by atoms with Crippen LogP contribution in [0.5, 0.6) is 0 Å². The molecule has 0 spiro atoms. The van der Waals surface area contributed by atoms with Gasteiger partial charge in [-0.05, 0) is 28.7 Å². The molecule has 9 heteroatoms. The second-order valence-electron chi connectivity index (χ2n) is 8.78. The van der Waals surface area contributed by atoms with Crippen LogP contribution in [0.15, 0.2) is 48.5 Å². The van der Waals surface area contributed by atoms with Gasteiger partial charge in [0.1, 0.15) is 12.5 Å². The zero-order valence-corrected chi connectivity index (χ0v) is 18.6. The molecule has 0 bridgehead atoms. The summed E-state index contributed by atoms with van der Waals surface area (Å²) in [5.41, 5.74) is 4.24. The number of benzene rings is 2. The third kappa shape index (κ3) is 4.60. The number of carboxylic acid groups (broad SMARTS) is 1. The molecule has 34 heavy (non-hydrogen) atoms. The summed E-state index contributed by atoms with van der Waals surface area (Å²) in [6.07, 6.45) is -0.679. The fourth-order valence-electron chi connectivity index (χ4n) is 4.49. The Hall–Kier alpha value is -3.49. The summed E-state index contributed by atoms with van der Waals surface area (Å²) in [7, 11) is 0. The Labute approximate surface area is 195 Å². The molecule has 7 nitrogen and oxygen atoms in total. The molecule has 0 heterocycles. The van der Waals surface area contributed by atoms with Crippen molar-refractivity contribution in [2.24, 2.45) is 17.8 Å². The van der Waals surface area contributed by atoms with Crippen molar-refractivity contribution in [3.05, 3.63) is 59.7 Å². The lowest BCUT2D eigenvalue weighted by Gasteiger charge is -2.14. The molecule has 1 fully saturated rings. The maximum Gasteiger partial charge on any atom is 0.407 e. The van der Waals surface area contributed by atoms with Crippen LogP contribution in [0.3, 0.4) is 0 Å². The molecule has 2 aliphatic carbocycles. The van der Waals surface area contributed by atoms with Gasteiger partial charge in [-0.15, -0.1) is 0 Å². The molecule has 4 rings (SSSR count). The molecule has 0 saturated heterocycles. The highest BCUT2D eigenvalue weighted by atomic mass is 19.3. The van der Waals surface area contributed by atoms with Crippen molar-refractivity contribution in [2.75, 3.05) is 19.7 Å². The number of hydrogen-bond acceptors (Lipinski definition) is 4. The van der Waals surface area contributed by atoms with Gasteiger partial charge in [-0.1, -0.05) is 55.5 Å². The van der Waals surface area contributed by atoms with Gasteiger partial charge >= 0.3 is 12.1 Å². The van der Waals surface area contributed by atoms with E-state index in [9.17, 15) is 23.2 Å². The van der Waals surface area contributed by atoms with Gasteiger partial charge in [0.05, 0.1) is 11.8 Å². The highest BCUT2D eigenvalue weighted by Crippen LogP contribution is 2.55. The number of ether oxygens (including phenoxy) is 1. The largest absolute Gasteiger partial charge is 0.481 e. The second-order valence-corrected chi connectivity index (χ2v) is 8.78. The number of halogens is 2. The van der Waals surface area contributed by atoms with Gasteiger partial charge in [0.15, 0.2) is 0 Å². The van der Waals surface area contributed by atoms with E-state index in [1.807, 2.05) is 48.5 Å². The highest BCUT2D eigenvalue weighted by Gasteiger charge is 2.71. The molecule has 2 aromatic rings. The van der Waals surface area contributed by atoms with E-state index in [1.165, 1.54) is 6.92 Å². The number of fused-ring (bicyclic) bond motifs is 3. The molecule has 2 aliphatic rings. The Morgan fingerprint density at radius 2 is 1.62 bits per heavy atom. The third-order valence-corrected chi connectivity index (χ3v) is 6.59. The Morgan fingerprint density at radius 1 is 1.03 bits per heavy atom. The number of aliphatic carboxylic acids is 1. The van der Waals surface area contributed by atoms with Crippen molar-refractivity contribution < 1.29 is 33.0 Å². The van der Waals surface area contributed by atoms with Gasteiger partial charge in [-0.25, -0.2) is 13.6 Å². The fraction of sp³-hybridized carbons (Fsp3) is 0.400. The summed E-state index contributed by atoms with van der Waals surface area (Å²) in [5, 5.41) is 13.5. The van der Waals surface area contributed by atoms with E-state index in [0.29, 0.717) is 0 Å². The molecule has 2 amide bonds. The van der Waals surface area contributed by atoms with Crippen molar-refractivity contribution in [3.63, 3.8) is 0 Å². The van der Waals surface area contributed by atoms with Crippen LogP contribution < -0.4 is 10.6 Å². The molecule has 1 saturated carbocycles. The van der Waals surface area contributed by atoms with E-state index in [4.69, 9.17) is 9.84 Å². The SMILES string of the molecule is CC(CCNC(=O)[C@@H]1[C@H](CNC(=O)OCC2c3ccccc3-c3ccccc32)C1(F)F)C(=O)O. The molecule has 1 unspecified atom stereocenters. The van der Waals surface area contributed by atoms with Crippen LogP contribution in [0.2, 0.25) is 0 Å². The summed E-state index contributed by atoms with van der Waals surface area (Å²) in [6.45, 7) is 1.13. The van der Waals surface area contributed by atoms with Crippen LogP contribution in [0.4, 0.5) is 13.6 Å². The first-order chi connectivity index (χ1) is 16.2. The van der Waals surface area contributed by atoms with Crippen molar-refractivity contribution in [1.82, 2.24) is 10.6 Å². The topological polar surface area (TPSA) is 105 Å². The lowest BCUT2D eigenvalue weighted by Crippen LogP contribution is -2.31. The minimum atomic E-state index is -3.24. The van der Waals surface area contributed by atoms with Crippen LogP contribution in [0.1, 0.15) is 30.4 Å². The first kappa shape index (κ1) is 23.7. The monoisotopic (exact) mass is 472 g/mol. The Balaban J connectivity index is 1.26. The predicted molar refractivity (Wildman–Crippen MR) is 119 cm³/mol. The number of alkyl carbamates (subject to hydrolysis) is 1. The van der Waals surface area contributed by atoms with Crippen molar-refractivity contribution >= 4 is 18.0 Å². The Kier molecular flexibility index (Phi) is 6.54. The van der Waals surface area contributed by atoms with E-state index in [0.717, 1.165) is 22.3 Å². The molecule has 3 atom stereocenters. The summed E-state index contributed by atoms with van der Waals surface area (Å²) in [4.78, 5) is 35.1. The lowest BCUT2D eigenvalue weighted by molar-refractivity contribution is -0.141. The minimum absolute atomic E-state index is 0.00852. The number of nitrogens with one attached hydrogen (secondary N) is 2. The minimum Gasteiger partial charge on any atom is -0.481 e. The molecular weight excluding hydrogens is 446 g/mol. The highest BCUT2D eigenvalue weighted by molar-refractivity contribution is 5.84. The van der Waals surface area contributed by atoms with Crippen LogP contribution >= 0.6 is 0 Å². The van der Waals surface area contributed by atoms with Gasteiger partial charge in [-0.3, -0.25) is 9.59 Å². The molecule has 0 radical (unpaired) electrons. The number of carbonyl (C=O) groups excluding carboxylic acids is 2. The van der Waals surface area contributed by atoms with Gasteiger partial charge in [0.25, 0.3) is 5.92 Å². The third-order valence-electron chi connectivity index (χ3n) is 6.59. The molecule has 3 N–H and O–H groups in total. The maximum absolute atomic E-state index is 14.1. The van der Waals surface area contributed by atoms with E-state index < -0.39 is 48.2 Å². The van der Waals surface area contributed by atoms with Crippen LogP contribution in [-0.2, 0) is 14.3 Å². The molecular formula is C25H26F2N2O5. The van der Waals surface area contributed by atoms with Crippen molar-refractivity contribution in [1.29, 1.82) is 0 Å². The first-order valence-electron chi connectivity index (χ1n) is 11.2. The smallest absolute Gasteiger partial charge is 0.407 e. The zero-order valence-electron chi connectivity index (χ0n) is 18.6.